The van der Waals surface area contributed by atoms with Crippen LogP contribution in [0, 0.1) is 0 Å². The van der Waals surface area contributed by atoms with Crippen LogP contribution in [-0.4, -0.2) is 25.5 Å². The highest BCUT2D eigenvalue weighted by Crippen LogP contribution is 2.23. The first-order valence-corrected chi connectivity index (χ1v) is 6.83. The molecule has 0 amide bonds. The van der Waals surface area contributed by atoms with Crippen LogP contribution in [-0.2, 0) is 32.8 Å². The maximum absolute atomic E-state index is 11.9. The van der Waals surface area contributed by atoms with Crippen molar-refractivity contribution in [2.24, 2.45) is 0 Å². The number of sulfonamides is 1. The van der Waals surface area contributed by atoms with E-state index in [-0.39, 0.29) is 4.90 Å². The van der Waals surface area contributed by atoms with Crippen molar-refractivity contribution in [3.05, 3.63) is 29.3 Å². The van der Waals surface area contributed by atoms with Gasteiger partial charge in [0.2, 0.25) is 10.0 Å². The monoisotopic (exact) mass is 271 g/mol. The van der Waals surface area contributed by atoms with Crippen molar-refractivity contribution in [2.45, 2.75) is 31.1 Å². The van der Waals surface area contributed by atoms with Gasteiger partial charge >= 0.3 is 5.97 Å². The zero-order valence-corrected chi connectivity index (χ0v) is 10.5. The van der Waals surface area contributed by atoms with Crippen LogP contribution in [0.2, 0.25) is 0 Å². The van der Waals surface area contributed by atoms with E-state index in [1.807, 2.05) is 0 Å². The van der Waals surface area contributed by atoms with E-state index in [4.69, 9.17) is 9.84 Å². The highest BCUT2D eigenvalue weighted by molar-refractivity contribution is 7.89. The number of rotatable bonds is 4. The van der Waals surface area contributed by atoms with Gasteiger partial charge in [0, 0.05) is 0 Å². The fourth-order valence-electron chi connectivity index (χ4n) is 1.67. The van der Waals surface area contributed by atoms with Crippen LogP contribution in [0.5, 0.6) is 0 Å². The molecule has 0 radical (unpaired) electrons. The molecule has 7 heteroatoms. The van der Waals surface area contributed by atoms with E-state index < -0.39 is 22.0 Å². The average molecular weight is 271 g/mol. The molecule has 18 heavy (non-hydrogen) atoms. The summed E-state index contributed by atoms with van der Waals surface area (Å²) in [6, 6.07) is 3.48. The Labute approximate surface area is 105 Å². The summed E-state index contributed by atoms with van der Waals surface area (Å²) in [7, 11) is -3.81. The van der Waals surface area contributed by atoms with Crippen LogP contribution in [0.25, 0.3) is 0 Å². The number of aliphatic carboxylic acids is 1. The van der Waals surface area contributed by atoms with Gasteiger partial charge in [-0.3, -0.25) is 4.79 Å². The van der Waals surface area contributed by atoms with Crippen molar-refractivity contribution in [1.29, 1.82) is 0 Å². The van der Waals surface area contributed by atoms with E-state index in [0.717, 1.165) is 11.1 Å². The number of hydrogen-bond acceptors (Lipinski definition) is 4. The third-order valence-electron chi connectivity index (χ3n) is 2.71. The van der Waals surface area contributed by atoms with Crippen LogP contribution in [0.15, 0.2) is 23.1 Å². The van der Waals surface area contributed by atoms with Crippen molar-refractivity contribution in [3.63, 3.8) is 0 Å². The third kappa shape index (κ3) is 2.53. The summed E-state index contributed by atoms with van der Waals surface area (Å²) in [5.41, 5.74) is 1.78. The highest BCUT2D eigenvalue weighted by atomic mass is 32.2. The lowest BCUT2D eigenvalue weighted by molar-refractivity contribution is -0.138. The Bertz CT molecular complexity index is 581. The molecule has 1 unspecified atom stereocenters. The predicted molar refractivity (Wildman–Crippen MR) is 62.4 cm³/mol. The molecule has 1 aromatic carbocycles. The van der Waals surface area contributed by atoms with Crippen LogP contribution in [0.4, 0.5) is 0 Å². The molecule has 1 atom stereocenters. The van der Waals surface area contributed by atoms with E-state index in [9.17, 15) is 13.2 Å². The van der Waals surface area contributed by atoms with Gasteiger partial charge in [-0.25, -0.2) is 8.42 Å². The molecular formula is C11H13NO5S. The molecule has 98 valence electrons. The molecule has 1 aromatic rings. The summed E-state index contributed by atoms with van der Waals surface area (Å²) in [6.45, 7) is 2.14. The Morgan fingerprint density at radius 2 is 2.06 bits per heavy atom. The fraction of sp³-hybridized carbons (Fsp3) is 0.364. The van der Waals surface area contributed by atoms with E-state index in [0.29, 0.717) is 13.2 Å². The SMILES string of the molecule is CC(NS(=O)(=O)c1ccc2c(c1)COC2)C(=O)O. The molecule has 0 fully saturated rings. The van der Waals surface area contributed by atoms with Crippen LogP contribution >= 0.6 is 0 Å². The molecule has 0 saturated carbocycles. The smallest absolute Gasteiger partial charge is 0.321 e. The second-order valence-corrected chi connectivity index (χ2v) is 5.82. The number of carbonyl (C=O) groups is 1. The van der Waals surface area contributed by atoms with Crippen molar-refractivity contribution in [1.82, 2.24) is 4.72 Å². The number of hydrogen-bond donors (Lipinski definition) is 2. The topological polar surface area (TPSA) is 92.7 Å². The minimum atomic E-state index is -3.81. The normalized spacial score (nSPS) is 16.3. The predicted octanol–water partition coefficient (Wildman–Crippen LogP) is 0.468. The zero-order chi connectivity index (χ0) is 13.3. The van der Waals surface area contributed by atoms with Crippen molar-refractivity contribution < 1.29 is 23.1 Å². The van der Waals surface area contributed by atoms with Gasteiger partial charge in [-0.05, 0) is 30.2 Å². The quantitative estimate of drug-likeness (QED) is 0.830. The molecule has 2 N–H and O–H groups in total. The fourth-order valence-corrected chi connectivity index (χ4v) is 2.91. The second kappa shape index (κ2) is 4.68. The number of carboxylic acid groups (broad SMARTS) is 1. The van der Waals surface area contributed by atoms with Crippen molar-refractivity contribution in [2.75, 3.05) is 0 Å². The molecule has 0 aliphatic carbocycles. The van der Waals surface area contributed by atoms with E-state index >= 15 is 0 Å². The van der Waals surface area contributed by atoms with E-state index in [1.54, 1.807) is 6.07 Å². The lowest BCUT2D eigenvalue weighted by Gasteiger charge is -2.10. The van der Waals surface area contributed by atoms with E-state index in [1.165, 1.54) is 19.1 Å². The summed E-state index contributed by atoms with van der Waals surface area (Å²) in [5.74, 6) is -1.22. The molecule has 0 bridgehead atoms. The molecule has 1 aliphatic rings. The Morgan fingerprint density at radius 3 is 2.72 bits per heavy atom. The number of benzene rings is 1. The first kappa shape index (κ1) is 13.0. The zero-order valence-electron chi connectivity index (χ0n) is 9.71. The van der Waals surface area contributed by atoms with Crippen molar-refractivity contribution >= 4 is 16.0 Å². The lowest BCUT2D eigenvalue weighted by atomic mass is 10.1. The number of ether oxygens (including phenoxy) is 1. The Morgan fingerprint density at radius 1 is 1.39 bits per heavy atom. The Hall–Kier alpha value is -1.44. The van der Waals surface area contributed by atoms with Gasteiger partial charge < -0.3 is 9.84 Å². The standard InChI is InChI=1S/C11H13NO5S/c1-7(11(13)14)12-18(15,16)10-3-2-8-5-17-6-9(8)4-10/h2-4,7,12H,5-6H2,1H3,(H,13,14). The molecule has 1 aliphatic heterocycles. The van der Waals surface area contributed by atoms with Crippen molar-refractivity contribution in [3.8, 4) is 0 Å². The van der Waals surface area contributed by atoms with Crippen LogP contribution < -0.4 is 4.72 Å². The maximum atomic E-state index is 11.9. The summed E-state index contributed by atoms with van der Waals surface area (Å²) >= 11 is 0. The number of carboxylic acids is 1. The molecule has 0 saturated heterocycles. The molecule has 2 rings (SSSR count). The lowest BCUT2D eigenvalue weighted by Crippen LogP contribution is -2.38. The van der Waals surface area contributed by atoms with Gasteiger partial charge in [0.1, 0.15) is 6.04 Å². The minimum absolute atomic E-state index is 0.0554. The summed E-state index contributed by atoms with van der Waals surface area (Å²) in [5, 5.41) is 8.70. The average Bonchev–Trinajstić information content (AvgIpc) is 2.74. The Balaban J connectivity index is 2.28. The van der Waals surface area contributed by atoms with Gasteiger partial charge in [-0.15, -0.1) is 0 Å². The molecular weight excluding hydrogens is 258 g/mol. The molecule has 0 aromatic heterocycles. The molecule has 0 spiro atoms. The largest absolute Gasteiger partial charge is 0.480 e. The second-order valence-electron chi connectivity index (χ2n) is 4.10. The van der Waals surface area contributed by atoms with Gasteiger partial charge in [0.25, 0.3) is 0 Å². The van der Waals surface area contributed by atoms with Gasteiger partial charge in [0.15, 0.2) is 0 Å². The van der Waals surface area contributed by atoms with Gasteiger partial charge in [-0.1, -0.05) is 6.07 Å². The minimum Gasteiger partial charge on any atom is -0.480 e. The first-order valence-electron chi connectivity index (χ1n) is 5.35. The Kier molecular flexibility index (Phi) is 3.38. The van der Waals surface area contributed by atoms with Crippen LogP contribution in [0.1, 0.15) is 18.1 Å². The summed E-state index contributed by atoms with van der Waals surface area (Å²) < 4.78 is 31.2. The van der Waals surface area contributed by atoms with Crippen LogP contribution in [0.3, 0.4) is 0 Å². The molecule has 6 nitrogen and oxygen atoms in total. The summed E-state index contributed by atoms with van der Waals surface area (Å²) in [4.78, 5) is 10.7. The number of nitrogens with one attached hydrogen (secondary N) is 1. The first-order chi connectivity index (χ1) is 8.40. The summed E-state index contributed by atoms with van der Waals surface area (Å²) in [6.07, 6.45) is 0. The van der Waals surface area contributed by atoms with Gasteiger partial charge in [0.05, 0.1) is 18.1 Å². The van der Waals surface area contributed by atoms with E-state index in [2.05, 4.69) is 4.72 Å². The third-order valence-corrected chi connectivity index (χ3v) is 4.24. The molecule has 1 heterocycles. The highest BCUT2D eigenvalue weighted by Gasteiger charge is 2.23. The van der Waals surface area contributed by atoms with Gasteiger partial charge in [-0.2, -0.15) is 4.72 Å². The maximum Gasteiger partial charge on any atom is 0.321 e. The number of fused-ring (bicyclic) bond motifs is 1.